The molecule has 0 aliphatic carbocycles. The molecular formula is C42H27NOS. The Bertz CT molecular complexity index is 2470. The van der Waals surface area contributed by atoms with E-state index in [4.69, 9.17) is 4.42 Å². The van der Waals surface area contributed by atoms with Crippen molar-refractivity contribution in [3.8, 4) is 22.3 Å². The number of thiophene rings is 1. The average molecular weight is 594 g/mol. The number of benzene rings is 7. The maximum Gasteiger partial charge on any atom is 0.159 e. The molecule has 0 N–H and O–H groups in total. The van der Waals surface area contributed by atoms with Crippen LogP contribution in [0.5, 0.6) is 0 Å². The second-order valence-electron chi connectivity index (χ2n) is 11.3. The summed E-state index contributed by atoms with van der Waals surface area (Å²) >= 11 is 1.84. The van der Waals surface area contributed by atoms with Gasteiger partial charge in [-0.25, -0.2) is 0 Å². The van der Waals surface area contributed by atoms with E-state index in [0.717, 1.165) is 50.1 Å². The van der Waals surface area contributed by atoms with E-state index in [2.05, 4.69) is 169 Å². The molecule has 0 aliphatic rings. The Morgan fingerprint density at radius 3 is 1.76 bits per heavy atom. The predicted octanol–water partition coefficient (Wildman–Crippen LogP) is 12.8. The topological polar surface area (TPSA) is 16.4 Å². The molecule has 2 heterocycles. The van der Waals surface area contributed by atoms with Crippen LogP contribution in [-0.4, -0.2) is 0 Å². The SMILES string of the molecule is c1ccc(-c2ccc(N(c3cccc4c3oc3c(-c5ccccc5)cccc34)c3cccc4c3sc3ccccc34)cc2)cc1. The molecule has 0 radical (unpaired) electrons. The molecule has 0 atom stereocenters. The fourth-order valence-corrected chi connectivity index (χ4v) is 7.78. The van der Waals surface area contributed by atoms with Gasteiger partial charge in [0.15, 0.2) is 5.58 Å². The molecule has 3 heteroatoms. The Balaban J connectivity index is 1.31. The fraction of sp³-hybridized carbons (Fsp3) is 0. The van der Waals surface area contributed by atoms with Crippen molar-refractivity contribution in [2.45, 2.75) is 0 Å². The summed E-state index contributed by atoms with van der Waals surface area (Å²) in [6.07, 6.45) is 0. The van der Waals surface area contributed by atoms with Crippen molar-refractivity contribution >= 4 is 70.5 Å². The molecule has 9 aromatic rings. The molecule has 2 aromatic heterocycles. The van der Waals surface area contributed by atoms with Crippen LogP contribution < -0.4 is 4.90 Å². The molecule has 7 aromatic carbocycles. The molecule has 212 valence electrons. The largest absolute Gasteiger partial charge is 0.453 e. The van der Waals surface area contributed by atoms with Gasteiger partial charge in [0, 0.05) is 37.5 Å². The van der Waals surface area contributed by atoms with Crippen LogP contribution in [0.25, 0.3) is 64.4 Å². The van der Waals surface area contributed by atoms with Crippen molar-refractivity contribution < 1.29 is 4.42 Å². The summed E-state index contributed by atoms with van der Waals surface area (Å²) in [5.74, 6) is 0. The van der Waals surface area contributed by atoms with Crippen molar-refractivity contribution in [3.05, 3.63) is 164 Å². The van der Waals surface area contributed by atoms with Crippen molar-refractivity contribution in [1.29, 1.82) is 0 Å². The highest BCUT2D eigenvalue weighted by molar-refractivity contribution is 7.26. The molecule has 0 unspecified atom stereocenters. The number of hydrogen-bond donors (Lipinski definition) is 0. The Morgan fingerprint density at radius 1 is 0.400 bits per heavy atom. The molecule has 0 saturated carbocycles. The first-order chi connectivity index (χ1) is 22.3. The van der Waals surface area contributed by atoms with Crippen molar-refractivity contribution in [1.82, 2.24) is 0 Å². The predicted molar refractivity (Wildman–Crippen MR) is 192 cm³/mol. The second-order valence-corrected chi connectivity index (χ2v) is 12.4. The van der Waals surface area contributed by atoms with Gasteiger partial charge in [-0.05, 0) is 47.0 Å². The Labute approximate surface area is 265 Å². The number of hydrogen-bond acceptors (Lipinski definition) is 3. The van der Waals surface area contributed by atoms with Gasteiger partial charge < -0.3 is 9.32 Å². The van der Waals surface area contributed by atoms with Crippen LogP contribution >= 0.6 is 11.3 Å². The van der Waals surface area contributed by atoms with E-state index in [1.165, 1.54) is 31.3 Å². The molecule has 0 bridgehead atoms. The molecule has 2 nitrogen and oxygen atoms in total. The molecule has 0 aliphatic heterocycles. The lowest BCUT2D eigenvalue weighted by molar-refractivity contribution is 0.670. The van der Waals surface area contributed by atoms with E-state index in [0.29, 0.717) is 0 Å². The van der Waals surface area contributed by atoms with E-state index in [-0.39, 0.29) is 0 Å². The second kappa shape index (κ2) is 10.5. The van der Waals surface area contributed by atoms with Crippen LogP contribution in [0, 0.1) is 0 Å². The number of fused-ring (bicyclic) bond motifs is 6. The summed E-state index contributed by atoms with van der Waals surface area (Å²) in [5.41, 5.74) is 9.65. The monoisotopic (exact) mass is 593 g/mol. The van der Waals surface area contributed by atoms with E-state index >= 15 is 0 Å². The first-order valence-electron chi connectivity index (χ1n) is 15.2. The number of para-hydroxylation sites is 2. The quantitative estimate of drug-likeness (QED) is 0.197. The summed E-state index contributed by atoms with van der Waals surface area (Å²) in [6, 6.07) is 58.2. The van der Waals surface area contributed by atoms with Crippen LogP contribution in [0.3, 0.4) is 0 Å². The summed E-state index contributed by atoms with van der Waals surface area (Å²) in [4.78, 5) is 2.37. The fourth-order valence-electron chi connectivity index (χ4n) is 6.58. The minimum atomic E-state index is 0.876. The zero-order valence-corrected chi connectivity index (χ0v) is 25.2. The van der Waals surface area contributed by atoms with Gasteiger partial charge >= 0.3 is 0 Å². The van der Waals surface area contributed by atoms with Gasteiger partial charge in [-0.15, -0.1) is 11.3 Å². The first kappa shape index (κ1) is 25.8. The van der Waals surface area contributed by atoms with Crippen LogP contribution in [0.15, 0.2) is 168 Å². The number of furan rings is 1. The van der Waals surface area contributed by atoms with Crippen molar-refractivity contribution in [2.75, 3.05) is 4.90 Å². The molecule has 45 heavy (non-hydrogen) atoms. The highest BCUT2D eigenvalue weighted by atomic mass is 32.1. The van der Waals surface area contributed by atoms with Gasteiger partial charge in [0.1, 0.15) is 5.58 Å². The smallest absolute Gasteiger partial charge is 0.159 e. The van der Waals surface area contributed by atoms with Gasteiger partial charge in [0.25, 0.3) is 0 Å². The molecule has 0 fully saturated rings. The zero-order chi connectivity index (χ0) is 29.7. The summed E-state index contributed by atoms with van der Waals surface area (Å²) < 4.78 is 9.46. The lowest BCUT2D eigenvalue weighted by Gasteiger charge is -2.26. The lowest BCUT2D eigenvalue weighted by Crippen LogP contribution is -2.10. The van der Waals surface area contributed by atoms with Crippen LogP contribution in [-0.2, 0) is 0 Å². The van der Waals surface area contributed by atoms with E-state index in [1.807, 2.05) is 11.3 Å². The Morgan fingerprint density at radius 2 is 0.978 bits per heavy atom. The highest BCUT2D eigenvalue weighted by Crippen LogP contribution is 2.48. The molecule has 0 spiro atoms. The summed E-state index contributed by atoms with van der Waals surface area (Å²) in [5, 5.41) is 4.78. The maximum absolute atomic E-state index is 6.92. The third-order valence-electron chi connectivity index (χ3n) is 8.69. The van der Waals surface area contributed by atoms with Crippen LogP contribution in [0.4, 0.5) is 17.1 Å². The number of rotatable bonds is 5. The van der Waals surface area contributed by atoms with Gasteiger partial charge in [0.2, 0.25) is 0 Å². The average Bonchev–Trinajstić information content (AvgIpc) is 3.69. The van der Waals surface area contributed by atoms with E-state index in [9.17, 15) is 0 Å². The van der Waals surface area contributed by atoms with Gasteiger partial charge in [-0.1, -0.05) is 133 Å². The van der Waals surface area contributed by atoms with Crippen molar-refractivity contribution in [3.63, 3.8) is 0 Å². The summed E-state index contributed by atoms with van der Waals surface area (Å²) in [7, 11) is 0. The molecule has 0 saturated heterocycles. The standard InChI is InChI=1S/C42H27NOS/c1-3-12-28(13-4-1)29-24-26-31(27-25-29)43(38-22-11-20-36-33-16-7-8-23-39(33)45-42(36)38)37-21-10-19-35-34-18-9-17-32(40(34)44-41(35)37)30-14-5-2-6-15-30/h1-27H. The van der Waals surface area contributed by atoms with Crippen LogP contribution in [0.2, 0.25) is 0 Å². The van der Waals surface area contributed by atoms with Crippen molar-refractivity contribution in [2.24, 2.45) is 0 Å². The minimum absolute atomic E-state index is 0.876. The third-order valence-corrected chi connectivity index (χ3v) is 9.90. The van der Waals surface area contributed by atoms with E-state index in [1.54, 1.807) is 0 Å². The zero-order valence-electron chi connectivity index (χ0n) is 24.4. The molecular weight excluding hydrogens is 567 g/mol. The molecule has 9 rings (SSSR count). The highest BCUT2D eigenvalue weighted by Gasteiger charge is 2.23. The van der Waals surface area contributed by atoms with Gasteiger partial charge in [-0.2, -0.15) is 0 Å². The normalized spacial score (nSPS) is 11.6. The first-order valence-corrected chi connectivity index (χ1v) is 16.0. The summed E-state index contributed by atoms with van der Waals surface area (Å²) in [6.45, 7) is 0. The minimum Gasteiger partial charge on any atom is -0.453 e. The maximum atomic E-state index is 6.92. The van der Waals surface area contributed by atoms with Crippen LogP contribution in [0.1, 0.15) is 0 Å². The lowest BCUT2D eigenvalue weighted by atomic mass is 10.0. The van der Waals surface area contributed by atoms with E-state index < -0.39 is 0 Å². The molecule has 0 amide bonds. The number of anilines is 3. The van der Waals surface area contributed by atoms with Gasteiger partial charge in [-0.3, -0.25) is 0 Å². The Kier molecular flexibility index (Phi) is 6.03. The number of nitrogens with zero attached hydrogens (tertiary/aromatic N) is 1. The van der Waals surface area contributed by atoms with Gasteiger partial charge in [0.05, 0.1) is 16.1 Å². The third kappa shape index (κ3) is 4.24. The Hall–Kier alpha value is -5.64.